The second-order valence-electron chi connectivity index (χ2n) is 5.08. The number of aromatic nitrogens is 1. The topological polar surface area (TPSA) is 45.7 Å². The van der Waals surface area contributed by atoms with Crippen molar-refractivity contribution < 1.29 is 9.53 Å². The van der Waals surface area contributed by atoms with Crippen molar-refractivity contribution in [3.63, 3.8) is 0 Å². The summed E-state index contributed by atoms with van der Waals surface area (Å²) in [6, 6.07) is 2.07. The normalized spacial score (nSPS) is 16.8. The molecule has 0 atom stereocenters. The van der Waals surface area contributed by atoms with Crippen molar-refractivity contribution in [1.29, 1.82) is 0 Å². The zero-order valence-corrected chi connectivity index (χ0v) is 12.3. The summed E-state index contributed by atoms with van der Waals surface area (Å²) in [4.78, 5) is 20.2. The lowest BCUT2D eigenvalue weighted by atomic mass is 10.2. The van der Waals surface area contributed by atoms with E-state index in [2.05, 4.69) is 27.8 Å². The molecule has 0 saturated carbocycles. The van der Waals surface area contributed by atoms with Crippen molar-refractivity contribution in [1.82, 2.24) is 9.88 Å². The van der Waals surface area contributed by atoms with Crippen molar-refractivity contribution in [2.45, 2.75) is 20.3 Å². The van der Waals surface area contributed by atoms with Gasteiger partial charge in [-0.15, -0.1) is 0 Å². The molecule has 0 bridgehead atoms. The van der Waals surface area contributed by atoms with Crippen LogP contribution in [0.3, 0.4) is 0 Å². The quantitative estimate of drug-likeness (QED) is 0.780. The van der Waals surface area contributed by atoms with Gasteiger partial charge in [0.15, 0.2) is 0 Å². The van der Waals surface area contributed by atoms with Crippen LogP contribution in [0.15, 0.2) is 18.5 Å². The highest BCUT2D eigenvalue weighted by molar-refractivity contribution is 5.71. The number of ether oxygens (including phenoxy) is 1. The lowest BCUT2D eigenvalue weighted by molar-refractivity contribution is -0.144. The van der Waals surface area contributed by atoms with Gasteiger partial charge in [-0.2, -0.15) is 0 Å². The van der Waals surface area contributed by atoms with E-state index >= 15 is 0 Å². The lowest BCUT2D eigenvalue weighted by Crippen LogP contribution is -2.35. The predicted octanol–water partition coefficient (Wildman–Crippen LogP) is 1.47. The number of carbonyl (C=O) groups excluding carboxylic acids is 1. The van der Waals surface area contributed by atoms with Gasteiger partial charge in [0.25, 0.3) is 0 Å². The molecule has 2 heterocycles. The minimum absolute atomic E-state index is 0.124. The third-order valence-corrected chi connectivity index (χ3v) is 3.58. The highest BCUT2D eigenvalue weighted by Gasteiger charge is 2.18. The van der Waals surface area contributed by atoms with E-state index in [4.69, 9.17) is 4.74 Å². The smallest absolute Gasteiger partial charge is 0.320 e. The van der Waals surface area contributed by atoms with Gasteiger partial charge < -0.3 is 9.64 Å². The Morgan fingerprint density at radius 2 is 2.20 bits per heavy atom. The summed E-state index contributed by atoms with van der Waals surface area (Å²) in [6.45, 7) is 8.57. The molecule has 1 aromatic rings. The SMILES string of the molecule is CCOC(=O)CN1CCCN(c2ccncc2C)CC1. The van der Waals surface area contributed by atoms with Gasteiger partial charge in [-0.1, -0.05) is 0 Å². The average Bonchev–Trinajstić information content (AvgIpc) is 2.65. The first-order valence-electron chi connectivity index (χ1n) is 7.24. The second kappa shape index (κ2) is 7.24. The Morgan fingerprint density at radius 1 is 1.35 bits per heavy atom. The molecule has 0 aliphatic carbocycles. The van der Waals surface area contributed by atoms with Gasteiger partial charge in [-0.25, -0.2) is 0 Å². The van der Waals surface area contributed by atoms with Crippen LogP contribution in [-0.2, 0) is 9.53 Å². The molecule has 0 N–H and O–H groups in total. The molecular weight excluding hydrogens is 254 g/mol. The van der Waals surface area contributed by atoms with Gasteiger partial charge in [0, 0.05) is 44.3 Å². The molecule has 5 nitrogen and oxygen atoms in total. The van der Waals surface area contributed by atoms with Crippen molar-refractivity contribution in [3.8, 4) is 0 Å². The third kappa shape index (κ3) is 3.93. The van der Waals surface area contributed by atoms with Crippen LogP contribution >= 0.6 is 0 Å². The van der Waals surface area contributed by atoms with E-state index < -0.39 is 0 Å². The van der Waals surface area contributed by atoms with E-state index in [1.165, 1.54) is 11.3 Å². The van der Waals surface area contributed by atoms with E-state index in [0.717, 1.165) is 32.6 Å². The molecule has 0 unspecified atom stereocenters. The largest absolute Gasteiger partial charge is 0.465 e. The molecule has 20 heavy (non-hydrogen) atoms. The number of hydrogen-bond donors (Lipinski definition) is 0. The number of pyridine rings is 1. The molecule has 1 fully saturated rings. The van der Waals surface area contributed by atoms with E-state index in [-0.39, 0.29) is 5.97 Å². The highest BCUT2D eigenvalue weighted by atomic mass is 16.5. The summed E-state index contributed by atoms with van der Waals surface area (Å²) < 4.78 is 5.01. The average molecular weight is 277 g/mol. The Hall–Kier alpha value is -1.62. The lowest BCUT2D eigenvalue weighted by Gasteiger charge is -2.24. The van der Waals surface area contributed by atoms with Gasteiger partial charge in [0.2, 0.25) is 0 Å². The van der Waals surface area contributed by atoms with Gasteiger partial charge in [-0.3, -0.25) is 14.7 Å². The summed E-state index contributed by atoms with van der Waals surface area (Å²) in [5.74, 6) is -0.124. The van der Waals surface area contributed by atoms with Crippen LogP contribution in [0, 0.1) is 6.92 Å². The number of carbonyl (C=O) groups is 1. The van der Waals surface area contributed by atoms with Crippen LogP contribution in [0.2, 0.25) is 0 Å². The maximum Gasteiger partial charge on any atom is 0.320 e. The van der Waals surface area contributed by atoms with Crippen LogP contribution < -0.4 is 4.90 Å². The molecule has 0 spiro atoms. The van der Waals surface area contributed by atoms with Gasteiger partial charge in [0.05, 0.1) is 13.2 Å². The first-order valence-corrected chi connectivity index (χ1v) is 7.24. The molecule has 0 aromatic carbocycles. The summed E-state index contributed by atoms with van der Waals surface area (Å²) in [5.41, 5.74) is 2.45. The molecule has 1 aliphatic rings. The van der Waals surface area contributed by atoms with E-state index in [9.17, 15) is 4.79 Å². The minimum Gasteiger partial charge on any atom is -0.465 e. The van der Waals surface area contributed by atoms with Gasteiger partial charge >= 0.3 is 5.97 Å². The number of aryl methyl sites for hydroxylation is 1. The molecule has 1 aliphatic heterocycles. The standard InChI is InChI=1S/C15H23N3O2/c1-3-20-15(19)12-17-7-4-8-18(10-9-17)14-5-6-16-11-13(14)2/h5-6,11H,3-4,7-10,12H2,1-2H3. The Morgan fingerprint density at radius 3 is 2.95 bits per heavy atom. The van der Waals surface area contributed by atoms with Crippen LogP contribution in [-0.4, -0.2) is 55.2 Å². The van der Waals surface area contributed by atoms with Crippen molar-refractivity contribution in [2.75, 3.05) is 44.2 Å². The maximum absolute atomic E-state index is 11.5. The second-order valence-corrected chi connectivity index (χ2v) is 5.08. The van der Waals surface area contributed by atoms with Crippen LogP contribution in [0.5, 0.6) is 0 Å². The molecule has 0 radical (unpaired) electrons. The van der Waals surface area contributed by atoms with Crippen molar-refractivity contribution in [3.05, 3.63) is 24.0 Å². The summed E-state index contributed by atoms with van der Waals surface area (Å²) in [6.07, 6.45) is 4.79. The molecule has 2 rings (SSSR count). The minimum atomic E-state index is -0.124. The maximum atomic E-state index is 11.5. The monoisotopic (exact) mass is 277 g/mol. The molecule has 5 heteroatoms. The molecule has 110 valence electrons. The van der Waals surface area contributed by atoms with E-state index in [1.807, 2.05) is 19.3 Å². The Labute approximate surface area is 120 Å². The fraction of sp³-hybridized carbons (Fsp3) is 0.600. The highest BCUT2D eigenvalue weighted by Crippen LogP contribution is 2.19. The number of nitrogens with zero attached hydrogens (tertiary/aromatic N) is 3. The van der Waals surface area contributed by atoms with Crippen LogP contribution in [0.1, 0.15) is 18.9 Å². The fourth-order valence-corrected chi connectivity index (χ4v) is 2.58. The first kappa shape index (κ1) is 14.8. The Kier molecular flexibility index (Phi) is 5.35. The number of rotatable bonds is 4. The van der Waals surface area contributed by atoms with Crippen LogP contribution in [0.4, 0.5) is 5.69 Å². The Balaban J connectivity index is 1.92. The summed E-state index contributed by atoms with van der Waals surface area (Å²) in [7, 11) is 0. The van der Waals surface area contributed by atoms with Gasteiger partial charge in [0.1, 0.15) is 0 Å². The third-order valence-electron chi connectivity index (χ3n) is 3.58. The van der Waals surface area contributed by atoms with Gasteiger partial charge in [-0.05, 0) is 31.9 Å². The van der Waals surface area contributed by atoms with Crippen molar-refractivity contribution in [2.24, 2.45) is 0 Å². The van der Waals surface area contributed by atoms with E-state index in [1.54, 1.807) is 0 Å². The zero-order chi connectivity index (χ0) is 14.4. The van der Waals surface area contributed by atoms with E-state index in [0.29, 0.717) is 13.2 Å². The summed E-state index contributed by atoms with van der Waals surface area (Å²) >= 11 is 0. The zero-order valence-electron chi connectivity index (χ0n) is 12.3. The van der Waals surface area contributed by atoms with Crippen LogP contribution in [0.25, 0.3) is 0 Å². The number of hydrogen-bond acceptors (Lipinski definition) is 5. The molecule has 1 saturated heterocycles. The number of esters is 1. The number of anilines is 1. The Bertz CT molecular complexity index is 450. The van der Waals surface area contributed by atoms with Crippen molar-refractivity contribution >= 4 is 11.7 Å². The first-order chi connectivity index (χ1) is 9.70. The molecular formula is C15H23N3O2. The molecule has 1 aromatic heterocycles. The molecule has 0 amide bonds. The summed E-state index contributed by atoms with van der Waals surface area (Å²) in [5, 5.41) is 0. The predicted molar refractivity (Wildman–Crippen MR) is 78.9 cm³/mol. The fourth-order valence-electron chi connectivity index (χ4n) is 2.58.